The van der Waals surface area contributed by atoms with Crippen molar-refractivity contribution in [2.45, 2.75) is 49.8 Å². The van der Waals surface area contributed by atoms with E-state index in [0.717, 1.165) is 48.3 Å². The van der Waals surface area contributed by atoms with Crippen molar-refractivity contribution in [3.8, 4) is 0 Å². The Kier molecular flexibility index (Phi) is 5.20. The van der Waals surface area contributed by atoms with Crippen LogP contribution < -0.4 is 10.6 Å². The van der Waals surface area contributed by atoms with Crippen molar-refractivity contribution >= 4 is 35.3 Å². The lowest BCUT2D eigenvalue weighted by atomic mass is 9.53. The molecular weight excluding hydrogens is 368 g/mol. The molecule has 4 aliphatic carbocycles. The van der Waals surface area contributed by atoms with Crippen LogP contribution in [-0.2, 0) is 10.5 Å². The number of urea groups is 1. The Morgan fingerprint density at radius 3 is 2.19 bits per heavy atom. The van der Waals surface area contributed by atoms with E-state index < -0.39 is 0 Å². The summed E-state index contributed by atoms with van der Waals surface area (Å²) >= 11 is 7.36. The largest absolute Gasteiger partial charge is 0.332 e. The lowest BCUT2D eigenvalue weighted by Crippen LogP contribution is -2.61. The van der Waals surface area contributed by atoms with Gasteiger partial charge in [-0.25, -0.2) is 4.79 Å². The maximum Gasteiger partial charge on any atom is 0.321 e. The van der Waals surface area contributed by atoms with Crippen molar-refractivity contribution < 1.29 is 9.59 Å². The predicted molar refractivity (Wildman–Crippen MR) is 105 cm³/mol. The van der Waals surface area contributed by atoms with E-state index in [1.54, 1.807) is 0 Å². The topological polar surface area (TPSA) is 58.2 Å². The maximum absolute atomic E-state index is 12.3. The Morgan fingerprint density at radius 2 is 1.62 bits per heavy atom. The zero-order valence-electron chi connectivity index (χ0n) is 14.8. The van der Waals surface area contributed by atoms with Crippen LogP contribution in [0.25, 0.3) is 0 Å². The summed E-state index contributed by atoms with van der Waals surface area (Å²) in [5.41, 5.74) is 1.06. The molecule has 4 nitrogen and oxygen atoms in total. The molecule has 4 saturated carbocycles. The van der Waals surface area contributed by atoms with Gasteiger partial charge in [0.2, 0.25) is 5.91 Å². The van der Waals surface area contributed by atoms with Gasteiger partial charge in [-0.15, -0.1) is 11.8 Å². The number of amides is 3. The van der Waals surface area contributed by atoms with E-state index in [0.29, 0.717) is 5.02 Å². The molecule has 3 amide bonds. The Bertz CT molecular complexity index is 656. The van der Waals surface area contributed by atoms with E-state index in [4.69, 9.17) is 11.6 Å². The maximum atomic E-state index is 12.3. The first-order valence-electron chi connectivity index (χ1n) is 9.44. The number of halogens is 1. The first-order valence-corrected chi connectivity index (χ1v) is 11.0. The zero-order chi connectivity index (χ0) is 18.1. The number of imide groups is 1. The average molecular weight is 393 g/mol. The van der Waals surface area contributed by atoms with Crippen molar-refractivity contribution in [1.82, 2.24) is 10.6 Å². The molecule has 1 aromatic rings. The average Bonchev–Trinajstić information content (AvgIpc) is 2.54. The molecule has 140 valence electrons. The summed E-state index contributed by atoms with van der Waals surface area (Å²) in [6.45, 7) is 0. The van der Waals surface area contributed by atoms with Crippen LogP contribution >= 0.6 is 23.4 Å². The third-order valence-corrected chi connectivity index (χ3v) is 7.34. The highest BCUT2D eigenvalue weighted by Crippen LogP contribution is 2.55. The number of hydrogen-bond donors (Lipinski definition) is 2. The van der Waals surface area contributed by atoms with Crippen LogP contribution in [0.15, 0.2) is 24.3 Å². The van der Waals surface area contributed by atoms with Crippen molar-refractivity contribution in [2.24, 2.45) is 17.8 Å². The van der Waals surface area contributed by atoms with Gasteiger partial charge in [-0.05, 0) is 74.0 Å². The fourth-order valence-electron chi connectivity index (χ4n) is 5.54. The molecular formula is C20H25ClN2O2S. The minimum absolute atomic E-state index is 0.0600. The second-order valence-corrected chi connectivity index (χ2v) is 9.74. The highest BCUT2D eigenvalue weighted by atomic mass is 35.5. The Labute approximate surface area is 163 Å². The second-order valence-electron chi connectivity index (χ2n) is 8.32. The Hall–Kier alpha value is -1.20. The van der Waals surface area contributed by atoms with E-state index in [1.807, 2.05) is 24.3 Å². The molecule has 4 bridgehead atoms. The summed E-state index contributed by atoms with van der Waals surface area (Å²) < 4.78 is 0. The molecule has 0 aromatic heterocycles. The van der Waals surface area contributed by atoms with E-state index >= 15 is 0 Å². The normalized spacial score (nSPS) is 31.7. The lowest BCUT2D eigenvalue weighted by molar-refractivity contribution is -0.117. The van der Waals surface area contributed by atoms with Crippen LogP contribution in [-0.4, -0.2) is 23.2 Å². The van der Waals surface area contributed by atoms with E-state index in [1.165, 1.54) is 31.0 Å². The molecule has 2 N–H and O–H groups in total. The third kappa shape index (κ3) is 4.20. The Balaban J connectivity index is 1.22. The van der Waals surface area contributed by atoms with Crippen LogP contribution in [0.1, 0.15) is 44.1 Å². The number of thioether (sulfide) groups is 1. The van der Waals surface area contributed by atoms with Gasteiger partial charge in [0.25, 0.3) is 0 Å². The smallest absolute Gasteiger partial charge is 0.321 e. The molecule has 26 heavy (non-hydrogen) atoms. The second kappa shape index (κ2) is 7.43. The van der Waals surface area contributed by atoms with Crippen LogP contribution in [0, 0.1) is 17.8 Å². The predicted octanol–water partition coefficient (Wildman–Crippen LogP) is 4.37. The number of hydrogen-bond acceptors (Lipinski definition) is 3. The quantitative estimate of drug-likeness (QED) is 0.782. The molecule has 4 fully saturated rings. The number of rotatable bonds is 5. The monoisotopic (exact) mass is 392 g/mol. The van der Waals surface area contributed by atoms with Gasteiger partial charge in [0, 0.05) is 16.3 Å². The van der Waals surface area contributed by atoms with Gasteiger partial charge in [0.15, 0.2) is 0 Å². The van der Waals surface area contributed by atoms with E-state index in [2.05, 4.69) is 10.6 Å². The molecule has 0 heterocycles. The molecule has 1 aromatic carbocycles. The summed E-state index contributed by atoms with van der Waals surface area (Å²) in [6.07, 6.45) is 7.28. The number of carbonyl (C=O) groups excluding carboxylic acids is 2. The number of carbonyl (C=O) groups is 2. The molecule has 0 spiro atoms. The van der Waals surface area contributed by atoms with Crippen LogP contribution in [0.2, 0.25) is 5.02 Å². The summed E-state index contributed by atoms with van der Waals surface area (Å²) in [5, 5.41) is 6.40. The number of nitrogens with one attached hydrogen (secondary N) is 2. The van der Waals surface area contributed by atoms with Gasteiger partial charge in [-0.1, -0.05) is 23.7 Å². The number of benzene rings is 1. The highest BCUT2D eigenvalue weighted by Gasteiger charge is 2.51. The molecule has 0 radical (unpaired) electrons. The minimum Gasteiger partial charge on any atom is -0.332 e. The molecule has 0 atom stereocenters. The Morgan fingerprint density at radius 1 is 1.04 bits per heavy atom. The van der Waals surface area contributed by atoms with Gasteiger partial charge >= 0.3 is 6.03 Å². The SMILES string of the molecule is O=C(CSCc1ccc(Cl)cc1)NC(=O)NC12CC3CC(CC(C3)C1)C2. The van der Waals surface area contributed by atoms with Gasteiger partial charge in [0.1, 0.15) is 0 Å². The van der Waals surface area contributed by atoms with Crippen LogP contribution in [0.4, 0.5) is 4.79 Å². The standard InChI is InChI=1S/C20H25ClN2O2S/c21-17-3-1-13(2-4-17)11-26-12-18(24)22-19(25)23-20-8-14-5-15(9-20)7-16(6-14)10-20/h1-4,14-16H,5-12H2,(H2,22,23,24,25). The van der Waals surface area contributed by atoms with Crippen molar-refractivity contribution in [2.75, 3.05) is 5.75 Å². The molecule has 4 aliphatic rings. The molecule has 0 aliphatic heterocycles. The van der Waals surface area contributed by atoms with E-state index in [-0.39, 0.29) is 23.2 Å². The van der Waals surface area contributed by atoms with Gasteiger partial charge in [-0.2, -0.15) is 0 Å². The summed E-state index contributed by atoms with van der Waals surface area (Å²) in [5.74, 6) is 3.08. The fraction of sp³-hybridized carbons (Fsp3) is 0.600. The lowest BCUT2D eigenvalue weighted by Gasteiger charge is -2.56. The zero-order valence-corrected chi connectivity index (χ0v) is 16.4. The van der Waals surface area contributed by atoms with E-state index in [9.17, 15) is 9.59 Å². The van der Waals surface area contributed by atoms with Crippen LogP contribution in [0.3, 0.4) is 0 Å². The molecule has 6 heteroatoms. The van der Waals surface area contributed by atoms with Crippen molar-refractivity contribution in [3.05, 3.63) is 34.9 Å². The first-order chi connectivity index (χ1) is 12.5. The van der Waals surface area contributed by atoms with Crippen molar-refractivity contribution in [1.29, 1.82) is 0 Å². The highest BCUT2D eigenvalue weighted by molar-refractivity contribution is 7.99. The summed E-state index contributed by atoms with van der Waals surface area (Å²) in [6, 6.07) is 7.27. The summed E-state index contributed by atoms with van der Waals surface area (Å²) in [4.78, 5) is 24.4. The first kappa shape index (κ1) is 18.2. The van der Waals surface area contributed by atoms with Gasteiger partial charge in [0.05, 0.1) is 5.75 Å². The van der Waals surface area contributed by atoms with Crippen LogP contribution in [0.5, 0.6) is 0 Å². The minimum atomic E-state index is -0.316. The molecule has 5 rings (SSSR count). The molecule has 0 saturated heterocycles. The molecule has 0 unspecified atom stereocenters. The van der Waals surface area contributed by atoms with Gasteiger partial charge < -0.3 is 5.32 Å². The van der Waals surface area contributed by atoms with Crippen molar-refractivity contribution in [3.63, 3.8) is 0 Å². The fourth-order valence-corrected chi connectivity index (χ4v) is 6.45. The van der Waals surface area contributed by atoms with Gasteiger partial charge in [-0.3, -0.25) is 10.1 Å². The summed E-state index contributed by atoms with van der Waals surface area (Å²) in [7, 11) is 0. The third-order valence-electron chi connectivity index (χ3n) is 6.09.